The van der Waals surface area contributed by atoms with Crippen LogP contribution in [0.25, 0.3) is 0 Å². The molecule has 0 unspecified atom stereocenters. The number of ether oxygens (including phenoxy) is 1. The number of nitrogens with one attached hydrogen (secondary N) is 1. The van der Waals surface area contributed by atoms with Crippen molar-refractivity contribution in [1.82, 2.24) is 4.90 Å². The van der Waals surface area contributed by atoms with Gasteiger partial charge in [0, 0.05) is 5.69 Å². The van der Waals surface area contributed by atoms with E-state index in [2.05, 4.69) is 5.32 Å². The fourth-order valence-corrected chi connectivity index (χ4v) is 5.02. The highest BCUT2D eigenvalue weighted by atomic mass is 35.5. The van der Waals surface area contributed by atoms with Crippen molar-refractivity contribution >= 4 is 52.6 Å². The summed E-state index contributed by atoms with van der Waals surface area (Å²) in [5.74, 6) is -1.97. The number of imide groups is 1. The summed E-state index contributed by atoms with van der Waals surface area (Å²) in [5, 5.41) is 3.15. The van der Waals surface area contributed by atoms with E-state index in [0.29, 0.717) is 10.7 Å². The quantitative estimate of drug-likeness (QED) is 0.578. The summed E-state index contributed by atoms with van der Waals surface area (Å²) in [7, 11) is 0. The molecule has 1 saturated heterocycles. The average molecular weight is 425 g/mol. The highest BCUT2D eigenvalue weighted by molar-refractivity contribution is 6.42. The molecule has 148 valence electrons. The summed E-state index contributed by atoms with van der Waals surface area (Å²) in [6.07, 6.45) is 2.87. The molecule has 2 bridgehead atoms. The predicted molar refractivity (Wildman–Crippen MR) is 101 cm³/mol. The normalized spacial score (nSPS) is 27.9. The van der Waals surface area contributed by atoms with E-state index in [1.807, 2.05) is 0 Å². The topological polar surface area (TPSA) is 92.8 Å². The largest absolute Gasteiger partial charge is 0.454 e. The van der Waals surface area contributed by atoms with Crippen molar-refractivity contribution in [3.8, 4) is 0 Å². The first-order valence-electron chi connectivity index (χ1n) is 9.11. The van der Waals surface area contributed by atoms with Crippen LogP contribution in [0.4, 0.5) is 5.69 Å². The van der Waals surface area contributed by atoms with E-state index in [9.17, 15) is 19.2 Å². The molecule has 1 aliphatic heterocycles. The average Bonchev–Trinajstić information content (AvgIpc) is 3.33. The third kappa shape index (κ3) is 3.37. The van der Waals surface area contributed by atoms with Crippen molar-refractivity contribution in [2.75, 3.05) is 18.5 Å². The Hall–Kier alpha value is -2.12. The van der Waals surface area contributed by atoms with Crippen LogP contribution in [-0.2, 0) is 23.9 Å². The summed E-state index contributed by atoms with van der Waals surface area (Å²) in [6.45, 7) is -0.989. The van der Waals surface area contributed by atoms with Gasteiger partial charge >= 0.3 is 5.97 Å². The van der Waals surface area contributed by atoms with Gasteiger partial charge in [0.05, 0.1) is 21.9 Å². The minimum absolute atomic E-state index is 0.254. The van der Waals surface area contributed by atoms with Gasteiger partial charge in [-0.2, -0.15) is 0 Å². The van der Waals surface area contributed by atoms with E-state index in [1.165, 1.54) is 12.1 Å². The van der Waals surface area contributed by atoms with Crippen LogP contribution >= 0.6 is 23.2 Å². The fraction of sp³-hybridized carbons (Fsp3) is 0.474. The lowest BCUT2D eigenvalue weighted by molar-refractivity contribution is -0.154. The Morgan fingerprint density at radius 3 is 2.32 bits per heavy atom. The molecular weight excluding hydrogens is 407 g/mol. The second-order valence-corrected chi connectivity index (χ2v) is 8.30. The van der Waals surface area contributed by atoms with Gasteiger partial charge in [-0.25, -0.2) is 0 Å². The second kappa shape index (κ2) is 7.37. The molecule has 3 aliphatic rings. The number of nitrogens with zero attached hydrogens (tertiary/aromatic N) is 1. The van der Waals surface area contributed by atoms with Crippen LogP contribution in [0.3, 0.4) is 0 Å². The van der Waals surface area contributed by atoms with Crippen LogP contribution in [0.2, 0.25) is 10.0 Å². The van der Waals surface area contributed by atoms with Gasteiger partial charge in [-0.3, -0.25) is 24.1 Å². The van der Waals surface area contributed by atoms with Gasteiger partial charge in [0.1, 0.15) is 6.54 Å². The molecule has 1 N–H and O–H groups in total. The molecule has 2 saturated carbocycles. The maximum Gasteiger partial charge on any atom is 0.326 e. The summed E-state index contributed by atoms with van der Waals surface area (Å²) in [6, 6.07) is 4.56. The first kappa shape index (κ1) is 19.2. The first-order valence-corrected chi connectivity index (χ1v) is 9.86. The monoisotopic (exact) mass is 424 g/mol. The molecule has 4 rings (SSSR count). The minimum atomic E-state index is -0.793. The number of esters is 1. The molecule has 1 aromatic carbocycles. The molecule has 3 fully saturated rings. The molecule has 7 nitrogen and oxygen atoms in total. The van der Waals surface area contributed by atoms with Crippen molar-refractivity contribution in [3.63, 3.8) is 0 Å². The smallest absolute Gasteiger partial charge is 0.326 e. The van der Waals surface area contributed by atoms with Crippen molar-refractivity contribution < 1.29 is 23.9 Å². The van der Waals surface area contributed by atoms with E-state index in [0.717, 1.165) is 24.2 Å². The van der Waals surface area contributed by atoms with Crippen LogP contribution in [0.15, 0.2) is 18.2 Å². The number of hydrogen-bond donors (Lipinski definition) is 1. The number of carbonyl (C=O) groups is 4. The maximum atomic E-state index is 12.6. The lowest BCUT2D eigenvalue weighted by atomic mass is 9.81. The number of fused-ring (bicyclic) bond motifs is 5. The molecule has 1 aromatic rings. The lowest BCUT2D eigenvalue weighted by Crippen LogP contribution is -2.38. The molecule has 9 heteroatoms. The van der Waals surface area contributed by atoms with Crippen LogP contribution < -0.4 is 5.32 Å². The first-order chi connectivity index (χ1) is 13.3. The molecule has 2 aliphatic carbocycles. The third-order valence-electron chi connectivity index (χ3n) is 5.87. The number of halogens is 2. The number of anilines is 1. The van der Waals surface area contributed by atoms with Crippen LogP contribution in [0.1, 0.15) is 19.3 Å². The van der Waals surface area contributed by atoms with Gasteiger partial charge in [-0.1, -0.05) is 23.2 Å². The van der Waals surface area contributed by atoms with Gasteiger partial charge < -0.3 is 10.1 Å². The van der Waals surface area contributed by atoms with Crippen LogP contribution in [-0.4, -0.2) is 41.7 Å². The highest BCUT2D eigenvalue weighted by Crippen LogP contribution is 2.56. The molecule has 0 spiro atoms. The van der Waals surface area contributed by atoms with E-state index in [-0.39, 0.29) is 40.5 Å². The maximum absolute atomic E-state index is 12.6. The van der Waals surface area contributed by atoms with Gasteiger partial charge in [-0.15, -0.1) is 0 Å². The molecular formula is C19H18Cl2N2O5. The van der Waals surface area contributed by atoms with E-state index < -0.39 is 25.0 Å². The van der Waals surface area contributed by atoms with Gasteiger partial charge in [-0.05, 0) is 49.3 Å². The SMILES string of the molecule is O=C(COC(=O)CN1C(=O)[C@@H]2[C@H]3CC[C@@H](C3)[C@@H]2C1=O)Nc1ccc(Cl)c(Cl)c1. The number of carbonyl (C=O) groups excluding carboxylic acids is 4. The standard InChI is InChI=1S/C19H18Cl2N2O5/c20-12-4-3-11(6-13(12)21)22-14(24)8-28-15(25)7-23-18(26)16-9-1-2-10(5-9)17(16)19(23)27/h3-4,6,9-10,16-17H,1-2,5,7-8H2,(H,22,24)/t9-,10-,16-,17+/m0/s1. The van der Waals surface area contributed by atoms with Gasteiger partial charge in [0.2, 0.25) is 11.8 Å². The number of amides is 3. The zero-order valence-electron chi connectivity index (χ0n) is 14.8. The Morgan fingerprint density at radius 2 is 1.71 bits per heavy atom. The van der Waals surface area contributed by atoms with Crippen LogP contribution in [0.5, 0.6) is 0 Å². The molecule has 1 heterocycles. The third-order valence-corrected chi connectivity index (χ3v) is 6.61. The molecule has 0 aromatic heterocycles. The summed E-state index contributed by atoms with van der Waals surface area (Å²) in [4.78, 5) is 50.1. The van der Waals surface area contributed by atoms with E-state index in [1.54, 1.807) is 6.07 Å². The van der Waals surface area contributed by atoms with Gasteiger partial charge in [0.25, 0.3) is 5.91 Å². The zero-order valence-corrected chi connectivity index (χ0v) is 16.3. The Morgan fingerprint density at radius 1 is 1.07 bits per heavy atom. The van der Waals surface area contributed by atoms with E-state index >= 15 is 0 Å². The Balaban J connectivity index is 1.29. The number of likely N-dealkylation sites (tertiary alicyclic amines) is 1. The highest BCUT2D eigenvalue weighted by Gasteiger charge is 2.61. The molecule has 28 heavy (non-hydrogen) atoms. The number of hydrogen-bond acceptors (Lipinski definition) is 5. The van der Waals surface area contributed by atoms with Crippen molar-refractivity contribution in [3.05, 3.63) is 28.2 Å². The Labute approximate surface area is 171 Å². The van der Waals surface area contributed by atoms with Crippen molar-refractivity contribution in [2.24, 2.45) is 23.7 Å². The summed E-state index contributed by atoms with van der Waals surface area (Å²) in [5.41, 5.74) is 0.406. The summed E-state index contributed by atoms with van der Waals surface area (Å²) < 4.78 is 4.92. The Kier molecular flexibility index (Phi) is 5.05. The fourth-order valence-electron chi connectivity index (χ4n) is 4.72. The van der Waals surface area contributed by atoms with Crippen molar-refractivity contribution in [1.29, 1.82) is 0 Å². The van der Waals surface area contributed by atoms with Crippen LogP contribution in [0, 0.1) is 23.7 Å². The Bertz CT molecular complexity index is 846. The van der Waals surface area contributed by atoms with Gasteiger partial charge in [0.15, 0.2) is 6.61 Å². The second-order valence-electron chi connectivity index (χ2n) is 7.49. The number of rotatable bonds is 5. The predicted octanol–water partition coefficient (Wildman–Crippen LogP) is 2.51. The molecule has 3 amide bonds. The zero-order chi connectivity index (χ0) is 20.0. The van der Waals surface area contributed by atoms with E-state index in [4.69, 9.17) is 27.9 Å². The molecule has 0 radical (unpaired) electrons. The summed E-state index contributed by atoms with van der Waals surface area (Å²) >= 11 is 11.7. The minimum Gasteiger partial charge on any atom is -0.454 e. The number of benzene rings is 1. The lowest BCUT2D eigenvalue weighted by Gasteiger charge is -2.19. The van der Waals surface area contributed by atoms with Crippen molar-refractivity contribution in [2.45, 2.75) is 19.3 Å². The molecule has 4 atom stereocenters.